The lowest BCUT2D eigenvalue weighted by molar-refractivity contribution is -0.235. The van der Waals surface area contributed by atoms with Gasteiger partial charge >= 0.3 is 5.69 Å². The normalized spacial score (nSPS) is 29.2. The third-order valence-corrected chi connectivity index (χ3v) is 5.96. The second-order valence-electron chi connectivity index (χ2n) is 7.29. The number of morpholine rings is 1. The van der Waals surface area contributed by atoms with Gasteiger partial charge in [-0.25, -0.2) is 4.79 Å². The van der Waals surface area contributed by atoms with Gasteiger partial charge < -0.3 is 14.9 Å². The summed E-state index contributed by atoms with van der Waals surface area (Å²) >= 11 is 0. The first-order valence-electron chi connectivity index (χ1n) is 9.43. The van der Waals surface area contributed by atoms with Crippen molar-refractivity contribution in [1.82, 2.24) is 14.6 Å². The number of nitrogens with zero attached hydrogens (tertiary/aromatic N) is 3. The Labute approximate surface area is 163 Å². The van der Waals surface area contributed by atoms with E-state index in [1.54, 1.807) is 43.6 Å². The molecule has 148 valence electrons. The first kappa shape index (κ1) is 18.8. The molecule has 2 saturated heterocycles. The minimum atomic E-state index is -0.484. The van der Waals surface area contributed by atoms with Crippen LogP contribution in [0.4, 0.5) is 5.82 Å². The molecule has 4 atom stereocenters. The third kappa shape index (κ3) is 2.94. The Hall–Kier alpha value is -2.55. The highest BCUT2D eigenvalue weighted by molar-refractivity contribution is 6.03. The summed E-state index contributed by atoms with van der Waals surface area (Å²) in [6.07, 6.45) is 1.96. The van der Waals surface area contributed by atoms with E-state index in [0.717, 1.165) is 6.42 Å². The van der Waals surface area contributed by atoms with Crippen molar-refractivity contribution in [1.29, 1.82) is 0 Å². The number of anilines is 1. The molecule has 8 heteroatoms. The Morgan fingerprint density at radius 3 is 2.71 bits per heavy atom. The first-order chi connectivity index (χ1) is 13.5. The van der Waals surface area contributed by atoms with E-state index in [4.69, 9.17) is 9.57 Å². The van der Waals surface area contributed by atoms with Crippen molar-refractivity contribution in [3.8, 4) is 0 Å². The maximum Gasteiger partial charge on any atom is 0.351 e. The second-order valence-corrected chi connectivity index (χ2v) is 7.29. The average Bonchev–Trinajstić information content (AvgIpc) is 3.16. The lowest BCUT2D eigenvalue weighted by Crippen LogP contribution is -2.47. The van der Waals surface area contributed by atoms with Gasteiger partial charge in [0.25, 0.3) is 5.91 Å². The number of benzene rings is 1. The van der Waals surface area contributed by atoms with Crippen molar-refractivity contribution in [3.63, 3.8) is 0 Å². The molecule has 0 aliphatic carbocycles. The Bertz CT molecular complexity index is 931. The number of hydrogen-bond donors (Lipinski definition) is 1. The van der Waals surface area contributed by atoms with Crippen molar-refractivity contribution >= 4 is 11.7 Å². The van der Waals surface area contributed by atoms with Crippen molar-refractivity contribution in [2.45, 2.75) is 38.1 Å². The smallest absolute Gasteiger partial charge is 0.348 e. The summed E-state index contributed by atoms with van der Waals surface area (Å²) in [5.74, 6) is 0.109. The summed E-state index contributed by atoms with van der Waals surface area (Å²) in [6, 6.07) is 10.3. The Morgan fingerprint density at radius 2 is 2.11 bits per heavy atom. The molecule has 2 bridgehead atoms. The molecule has 2 aliphatic rings. The number of ether oxygens (including phenoxy) is 1. The molecule has 28 heavy (non-hydrogen) atoms. The molecule has 1 aromatic heterocycles. The molecule has 4 rings (SSSR count). The van der Waals surface area contributed by atoms with Gasteiger partial charge in [-0.05, 0) is 24.6 Å². The quantitative estimate of drug-likeness (QED) is 0.849. The predicted octanol–water partition coefficient (Wildman–Crippen LogP) is 2.05. The van der Waals surface area contributed by atoms with E-state index in [9.17, 15) is 9.59 Å². The molecule has 3 heterocycles. The second kappa shape index (κ2) is 7.12. The molecular formula is C20H24N4O4. The summed E-state index contributed by atoms with van der Waals surface area (Å²) in [4.78, 5) is 34.5. The van der Waals surface area contributed by atoms with Crippen LogP contribution in [0.25, 0.3) is 0 Å². The average molecular weight is 384 g/mol. The zero-order valence-electron chi connectivity index (χ0n) is 16.2. The fourth-order valence-electron chi connectivity index (χ4n) is 4.30. The number of aromatic nitrogens is 2. The van der Waals surface area contributed by atoms with Crippen LogP contribution in [0, 0.1) is 5.92 Å². The number of fused-ring (bicyclic) bond motifs is 2. The zero-order chi connectivity index (χ0) is 19.9. The number of hydroxylamine groups is 2. The molecule has 1 N–H and O–H groups in total. The highest BCUT2D eigenvalue weighted by Gasteiger charge is 2.62. The van der Waals surface area contributed by atoms with E-state index in [-0.39, 0.29) is 29.3 Å². The molecule has 2 fully saturated rings. The minimum Gasteiger partial charge on any atom is -0.348 e. The van der Waals surface area contributed by atoms with Crippen LogP contribution in [-0.4, -0.2) is 45.8 Å². The molecular weight excluding hydrogens is 360 g/mol. The Kier molecular flexibility index (Phi) is 4.78. The molecule has 8 nitrogen and oxygen atoms in total. The van der Waals surface area contributed by atoms with Crippen LogP contribution < -0.4 is 11.0 Å². The van der Waals surface area contributed by atoms with Crippen LogP contribution in [0.1, 0.15) is 36.9 Å². The molecule has 1 amide bonds. The van der Waals surface area contributed by atoms with Crippen LogP contribution in [0.15, 0.2) is 47.4 Å². The Balaban J connectivity index is 1.57. The fraction of sp³-hybridized carbons (Fsp3) is 0.450. The fourth-order valence-corrected chi connectivity index (χ4v) is 4.30. The van der Waals surface area contributed by atoms with Crippen molar-refractivity contribution < 1.29 is 14.4 Å². The van der Waals surface area contributed by atoms with Gasteiger partial charge in [0.15, 0.2) is 6.23 Å². The SMILES string of the molecule is CC[C@]12CN(OC)[C@H]([C@H](n3ccc(NC(=O)c4ccccc4)nc3=O)O1)[C@H]2C. The van der Waals surface area contributed by atoms with Gasteiger partial charge in [-0.2, -0.15) is 10.0 Å². The molecule has 2 aliphatic heterocycles. The highest BCUT2D eigenvalue weighted by atomic mass is 16.7. The van der Waals surface area contributed by atoms with Crippen molar-refractivity contribution in [3.05, 3.63) is 58.6 Å². The number of nitrogens with one attached hydrogen (secondary N) is 1. The predicted molar refractivity (Wildman–Crippen MR) is 103 cm³/mol. The van der Waals surface area contributed by atoms with E-state index >= 15 is 0 Å². The van der Waals surface area contributed by atoms with Crippen LogP contribution in [-0.2, 0) is 9.57 Å². The van der Waals surface area contributed by atoms with Crippen molar-refractivity contribution in [2.75, 3.05) is 19.0 Å². The van der Waals surface area contributed by atoms with Gasteiger partial charge in [0.1, 0.15) is 5.82 Å². The van der Waals surface area contributed by atoms with E-state index in [2.05, 4.69) is 24.1 Å². The van der Waals surface area contributed by atoms with Gasteiger partial charge in [0.05, 0.1) is 25.3 Å². The third-order valence-electron chi connectivity index (χ3n) is 5.96. The van der Waals surface area contributed by atoms with Gasteiger partial charge in [0.2, 0.25) is 0 Å². The molecule has 1 aromatic carbocycles. The molecule has 0 unspecified atom stereocenters. The summed E-state index contributed by atoms with van der Waals surface area (Å²) in [5.41, 5.74) is -0.317. The van der Waals surface area contributed by atoms with Crippen LogP contribution in [0.3, 0.4) is 0 Å². The number of amides is 1. The summed E-state index contributed by atoms with van der Waals surface area (Å²) in [7, 11) is 1.64. The van der Waals surface area contributed by atoms with Gasteiger partial charge in [-0.15, -0.1) is 0 Å². The largest absolute Gasteiger partial charge is 0.351 e. The van der Waals surface area contributed by atoms with E-state index in [0.29, 0.717) is 12.1 Å². The lowest BCUT2D eigenvalue weighted by Gasteiger charge is -2.36. The molecule has 0 spiro atoms. The summed E-state index contributed by atoms with van der Waals surface area (Å²) in [5, 5.41) is 4.55. The van der Waals surface area contributed by atoms with Crippen LogP contribution in [0.5, 0.6) is 0 Å². The zero-order valence-corrected chi connectivity index (χ0v) is 16.2. The summed E-state index contributed by atoms with van der Waals surface area (Å²) in [6.45, 7) is 4.88. The number of carbonyl (C=O) groups is 1. The minimum absolute atomic E-state index is 0.0748. The number of hydrogen-bond acceptors (Lipinski definition) is 6. The van der Waals surface area contributed by atoms with Crippen LogP contribution >= 0.6 is 0 Å². The monoisotopic (exact) mass is 384 g/mol. The highest BCUT2D eigenvalue weighted by Crippen LogP contribution is 2.51. The summed E-state index contributed by atoms with van der Waals surface area (Å²) < 4.78 is 7.79. The number of rotatable bonds is 5. The van der Waals surface area contributed by atoms with Gasteiger partial charge in [-0.3, -0.25) is 9.36 Å². The molecule has 0 radical (unpaired) electrons. The number of carbonyl (C=O) groups excluding carboxylic acids is 1. The maximum atomic E-state index is 12.7. The van der Waals surface area contributed by atoms with Crippen molar-refractivity contribution in [2.24, 2.45) is 5.92 Å². The van der Waals surface area contributed by atoms with E-state index in [1.165, 1.54) is 4.57 Å². The van der Waals surface area contributed by atoms with E-state index < -0.39 is 11.9 Å². The first-order valence-corrected chi connectivity index (χ1v) is 9.43. The maximum absolute atomic E-state index is 12.7. The lowest BCUT2D eigenvalue weighted by atomic mass is 9.88. The molecule has 2 aromatic rings. The van der Waals surface area contributed by atoms with Gasteiger partial charge in [-0.1, -0.05) is 32.0 Å². The van der Waals surface area contributed by atoms with Gasteiger partial charge in [0, 0.05) is 17.7 Å². The van der Waals surface area contributed by atoms with Crippen LogP contribution in [0.2, 0.25) is 0 Å². The standard InChI is InChI=1S/C20H24N4O4/c1-4-20-12-24(27-3)16(13(20)2)18(28-20)23-11-10-15(22-19(23)26)21-17(25)14-8-6-5-7-9-14/h5-11,13,16,18H,4,12H2,1-3H3,(H,21,22,25,26)/t13-,16+,18-,20-/m1/s1. The topological polar surface area (TPSA) is 85.7 Å². The van der Waals surface area contributed by atoms with E-state index in [1.807, 2.05) is 11.1 Å². The Morgan fingerprint density at radius 1 is 1.36 bits per heavy atom. The molecule has 0 saturated carbocycles.